The number of hydrogen-bond donors (Lipinski definition) is 0. The molecule has 0 amide bonds. The molecule has 0 bridgehead atoms. The third-order valence-corrected chi connectivity index (χ3v) is 6.47. The fourth-order valence-electron chi connectivity index (χ4n) is 4.18. The van der Waals surface area contributed by atoms with Crippen LogP contribution in [-0.4, -0.2) is 0 Å². The van der Waals surface area contributed by atoms with Gasteiger partial charge < -0.3 is 0 Å². The predicted molar refractivity (Wildman–Crippen MR) is 127 cm³/mol. The summed E-state index contributed by atoms with van der Waals surface area (Å²) in [6, 6.07) is 0. The SMILES string of the molecule is CCCCCCCCCC/C=C/CCC(CCCCCCCC)C(C)CC. The van der Waals surface area contributed by atoms with Crippen LogP contribution in [0.15, 0.2) is 12.2 Å². The van der Waals surface area contributed by atoms with Crippen molar-refractivity contribution in [1.29, 1.82) is 0 Å². The highest BCUT2D eigenvalue weighted by Crippen LogP contribution is 2.27. The summed E-state index contributed by atoms with van der Waals surface area (Å²) in [4.78, 5) is 0. The standard InChI is InChI=1S/C27H54/c1-5-8-10-12-14-15-16-17-18-19-21-23-25-27(26(4)7-3)24-22-20-13-11-9-6-2/h19,21,26-27H,5-18,20,22-25H2,1-4H3/b21-19+. The van der Waals surface area contributed by atoms with Crippen molar-refractivity contribution in [2.24, 2.45) is 11.8 Å². The highest BCUT2D eigenvalue weighted by Gasteiger charge is 2.14. The zero-order valence-corrected chi connectivity index (χ0v) is 19.7. The molecule has 0 heterocycles. The maximum Gasteiger partial charge on any atom is -0.0348 e. The third-order valence-electron chi connectivity index (χ3n) is 6.47. The van der Waals surface area contributed by atoms with Crippen LogP contribution in [0.3, 0.4) is 0 Å². The molecular formula is C27H54. The van der Waals surface area contributed by atoms with Gasteiger partial charge in [0.15, 0.2) is 0 Å². The van der Waals surface area contributed by atoms with Crippen LogP contribution in [0.1, 0.15) is 150 Å². The van der Waals surface area contributed by atoms with E-state index in [0.29, 0.717) is 0 Å². The van der Waals surface area contributed by atoms with E-state index in [1.807, 2.05) is 0 Å². The quantitative estimate of drug-likeness (QED) is 0.138. The monoisotopic (exact) mass is 378 g/mol. The van der Waals surface area contributed by atoms with Gasteiger partial charge in [-0.3, -0.25) is 0 Å². The summed E-state index contributed by atoms with van der Waals surface area (Å²) in [6.45, 7) is 9.45. The Morgan fingerprint density at radius 1 is 0.519 bits per heavy atom. The first kappa shape index (κ1) is 26.7. The van der Waals surface area contributed by atoms with E-state index in [0.717, 1.165) is 11.8 Å². The van der Waals surface area contributed by atoms with Crippen molar-refractivity contribution in [3.8, 4) is 0 Å². The van der Waals surface area contributed by atoms with Crippen molar-refractivity contribution in [1.82, 2.24) is 0 Å². The summed E-state index contributed by atoms with van der Waals surface area (Å²) in [5, 5.41) is 0. The highest BCUT2D eigenvalue weighted by atomic mass is 14.2. The lowest BCUT2D eigenvalue weighted by atomic mass is 9.84. The molecule has 0 N–H and O–H groups in total. The molecule has 0 aromatic carbocycles. The van der Waals surface area contributed by atoms with Crippen LogP contribution in [0, 0.1) is 11.8 Å². The van der Waals surface area contributed by atoms with Gasteiger partial charge in [0.25, 0.3) is 0 Å². The van der Waals surface area contributed by atoms with Crippen molar-refractivity contribution >= 4 is 0 Å². The zero-order valence-electron chi connectivity index (χ0n) is 19.7. The summed E-state index contributed by atoms with van der Waals surface area (Å²) in [5.41, 5.74) is 0. The van der Waals surface area contributed by atoms with Gasteiger partial charge in [-0.25, -0.2) is 0 Å². The number of unbranched alkanes of at least 4 members (excludes halogenated alkanes) is 13. The van der Waals surface area contributed by atoms with Gasteiger partial charge >= 0.3 is 0 Å². The second-order valence-electron chi connectivity index (χ2n) is 9.01. The van der Waals surface area contributed by atoms with Gasteiger partial charge in [0.05, 0.1) is 0 Å². The summed E-state index contributed by atoms with van der Waals surface area (Å²) in [7, 11) is 0. The molecule has 0 aromatic rings. The lowest BCUT2D eigenvalue weighted by Gasteiger charge is -2.22. The lowest BCUT2D eigenvalue weighted by molar-refractivity contribution is 0.299. The Kier molecular flexibility index (Phi) is 21.8. The van der Waals surface area contributed by atoms with E-state index in [4.69, 9.17) is 0 Å². The predicted octanol–water partition coefficient (Wildman–Crippen LogP) is 10.3. The number of hydrogen-bond acceptors (Lipinski definition) is 0. The average Bonchev–Trinajstić information content (AvgIpc) is 2.69. The van der Waals surface area contributed by atoms with E-state index in [1.165, 1.54) is 122 Å². The molecule has 2 unspecified atom stereocenters. The first-order valence-corrected chi connectivity index (χ1v) is 12.9. The van der Waals surface area contributed by atoms with Crippen LogP contribution in [0.25, 0.3) is 0 Å². The molecule has 0 aliphatic heterocycles. The topological polar surface area (TPSA) is 0 Å². The summed E-state index contributed by atoms with van der Waals surface area (Å²) in [5.74, 6) is 1.86. The largest absolute Gasteiger partial charge is 0.0885 e. The molecule has 0 rings (SSSR count). The molecule has 0 saturated heterocycles. The van der Waals surface area contributed by atoms with E-state index >= 15 is 0 Å². The molecule has 0 saturated carbocycles. The minimum absolute atomic E-state index is 0.904. The molecule has 0 fully saturated rings. The van der Waals surface area contributed by atoms with Crippen molar-refractivity contribution in [2.75, 3.05) is 0 Å². The molecule has 0 radical (unpaired) electrons. The second-order valence-corrected chi connectivity index (χ2v) is 9.01. The highest BCUT2D eigenvalue weighted by molar-refractivity contribution is 4.83. The summed E-state index contributed by atoms with van der Waals surface area (Å²) in [6.07, 6.45) is 31.9. The minimum Gasteiger partial charge on any atom is -0.0885 e. The Labute approximate surface area is 174 Å². The summed E-state index contributed by atoms with van der Waals surface area (Å²) >= 11 is 0. The van der Waals surface area contributed by atoms with Gasteiger partial charge in [-0.15, -0.1) is 0 Å². The fraction of sp³-hybridized carbons (Fsp3) is 0.926. The van der Waals surface area contributed by atoms with Gasteiger partial charge in [0.2, 0.25) is 0 Å². The smallest absolute Gasteiger partial charge is 0.0348 e. The molecule has 162 valence electrons. The van der Waals surface area contributed by atoms with Crippen molar-refractivity contribution in [2.45, 2.75) is 150 Å². The normalized spacial score (nSPS) is 14.1. The van der Waals surface area contributed by atoms with Gasteiger partial charge in [-0.05, 0) is 37.5 Å². The van der Waals surface area contributed by atoms with Crippen LogP contribution in [0.2, 0.25) is 0 Å². The zero-order chi connectivity index (χ0) is 20.0. The van der Waals surface area contributed by atoms with Crippen molar-refractivity contribution < 1.29 is 0 Å². The molecule has 0 aliphatic carbocycles. The maximum atomic E-state index is 2.48. The van der Waals surface area contributed by atoms with Gasteiger partial charge in [-0.1, -0.05) is 136 Å². The molecule has 0 aliphatic rings. The Morgan fingerprint density at radius 3 is 1.56 bits per heavy atom. The Morgan fingerprint density at radius 2 is 1.00 bits per heavy atom. The third kappa shape index (κ3) is 18.9. The fourth-order valence-corrected chi connectivity index (χ4v) is 4.18. The number of allylic oxidation sites excluding steroid dienone is 2. The van der Waals surface area contributed by atoms with Crippen LogP contribution in [-0.2, 0) is 0 Å². The first-order chi connectivity index (χ1) is 13.3. The Bertz CT molecular complexity index is 290. The molecule has 0 spiro atoms. The maximum absolute atomic E-state index is 2.48. The molecule has 0 aromatic heterocycles. The summed E-state index contributed by atoms with van der Waals surface area (Å²) < 4.78 is 0. The van der Waals surface area contributed by atoms with E-state index < -0.39 is 0 Å². The van der Waals surface area contributed by atoms with Crippen LogP contribution < -0.4 is 0 Å². The van der Waals surface area contributed by atoms with Gasteiger partial charge in [0.1, 0.15) is 0 Å². The second kappa shape index (κ2) is 22.0. The van der Waals surface area contributed by atoms with E-state index in [2.05, 4.69) is 39.8 Å². The molecule has 0 heteroatoms. The molecule has 27 heavy (non-hydrogen) atoms. The van der Waals surface area contributed by atoms with Crippen molar-refractivity contribution in [3.63, 3.8) is 0 Å². The minimum atomic E-state index is 0.904. The van der Waals surface area contributed by atoms with Crippen LogP contribution in [0.4, 0.5) is 0 Å². The Balaban J connectivity index is 3.66. The molecule has 0 nitrogen and oxygen atoms in total. The Hall–Kier alpha value is -0.260. The van der Waals surface area contributed by atoms with Gasteiger partial charge in [-0.2, -0.15) is 0 Å². The number of rotatable bonds is 21. The van der Waals surface area contributed by atoms with Crippen LogP contribution in [0.5, 0.6) is 0 Å². The van der Waals surface area contributed by atoms with E-state index in [9.17, 15) is 0 Å². The average molecular weight is 379 g/mol. The van der Waals surface area contributed by atoms with E-state index in [-0.39, 0.29) is 0 Å². The van der Waals surface area contributed by atoms with Gasteiger partial charge in [0, 0.05) is 0 Å². The van der Waals surface area contributed by atoms with Crippen LogP contribution >= 0.6 is 0 Å². The first-order valence-electron chi connectivity index (χ1n) is 12.9. The lowest BCUT2D eigenvalue weighted by Crippen LogP contribution is -2.11. The molecule has 2 atom stereocenters. The molecular weight excluding hydrogens is 324 g/mol. The van der Waals surface area contributed by atoms with Crippen molar-refractivity contribution in [3.05, 3.63) is 12.2 Å². The van der Waals surface area contributed by atoms with E-state index in [1.54, 1.807) is 0 Å².